The van der Waals surface area contributed by atoms with Gasteiger partial charge in [-0.05, 0) is 19.3 Å². The molecule has 5 atom stereocenters. The summed E-state index contributed by atoms with van der Waals surface area (Å²) in [5.41, 5.74) is 6.51. The SMILES string of the molecule is Nc1ncnc2c1ncn2[C@@H]1O[C@H](CO)[C@@H](OC2CCCCO2)[C@@H]1F. The molecule has 2 fully saturated rings. The summed E-state index contributed by atoms with van der Waals surface area (Å²) in [6.45, 7) is 0.225. The van der Waals surface area contributed by atoms with Gasteiger partial charge in [0, 0.05) is 6.61 Å². The second-order valence-corrected chi connectivity index (χ2v) is 6.17. The Hall–Kier alpha value is -1.88. The molecule has 10 heteroatoms. The van der Waals surface area contributed by atoms with E-state index in [2.05, 4.69) is 15.0 Å². The van der Waals surface area contributed by atoms with Crippen LogP contribution in [-0.2, 0) is 14.2 Å². The summed E-state index contributed by atoms with van der Waals surface area (Å²) in [6, 6.07) is 0. The molecule has 0 saturated carbocycles. The maximum absolute atomic E-state index is 15.1. The van der Waals surface area contributed by atoms with Gasteiger partial charge < -0.3 is 25.1 Å². The van der Waals surface area contributed by atoms with E-state index in [0.717, 1.165) is 12.8 Å². The van der Waals surface area contributed by atoms with Gasteiger partial charge in [-0.1, -0.05) is 0 Å². The third kappa shape index (κ3) is 2.95. The number of rotatable bonds is 4. The number of nitrogens with two attached hydrogens (primary N) is 1. The Balaban J connectivity index is 1.59. The predicted molar refractivity (Wildman–Crippen MR) is 84.1 cm³/mol. The Bertz CT molecular complexity index is 738. The molecule has 1 unspecified atom stereocenters. The van der Waals surface area contributed by atoms with E-state index in [0.29, 0.717) is 24.2 Å². The molecule has 0 bridgehead atoms. The van der Waals surface area contributed by atoms with Gasteiger partial charge in [-0.25, -0.2) is 19.3 Å². The number of aromatic nitrogens is 4. The first-order valence-corrected chi connectivity index (χ1v) is 8.29. The van der Waals surface area contributed by atoms with Crippen LogP contribution in [-0.4, -0.2) is 62.5 Å². The average Bonchev–Trinajstić information content (AvgIpc) is 3.19. The summed E-state index contributed by atoms with van der Waals surface area (Å²) < 4.78 is 33.5. The van der Waals surface area contributed by atoms with Gasteiger partial charge in [0.05, 0.1) is 12.9 Å². The van der Waals surface area contributed by atoms with Crippen molar-refractivity contribution < 1.29 is 23.7 Å². The fourth-order valence-corrected chi connectivity index (χ4v) is 3.28. The van der Waals surface area contributed by atoms with Crippen molar-refractivity contribution in [1.29, 1.82) is 0 Å². The Labute approximate surface area is 142 Å². The molecule has 0 spiro atoms. The zero-order valence-electron chi connectivity index (χ0n) is 13.5. The lowest BCUT2D eigenvalue weighted by atomic mass is 10.1. The Morgan fingerprint density at radius 1 is 1.36 bits per heavy atom. The molecule has 9 nitrogen and oxygen atoms in total. The maximum atomic E-state index is 15.1. The highest BCUT2D eigenvalue weighted by Gasteiger charge is 2.48. The summed E-state index contributed by atoms with van der Waals surface area (Å²) >= 11 is 0. The number of aliphatic hydroxyl groups excluding tert-OH is 1. The summed E-state index contributed by atoms with van der Waals surface area (Å²) in [5.74, 6) is 0.208. The number of aliphatic hydroxyl groups is 1. The van der Waals surface area contributed by atoms with Crippen molar-refractivity contribution in [3.63, 3.8) is 0 Å². The van der Waals surface area contributed by atoms with Crippen LogP contribution in [0.3, 0.4) is 0 Å². The third-order valence-electron chi connectivity index (χ3n) is 4.55. The molecule has 3 N–H and O–H groups in total. The smallest absolute Gasteiger partial charge is 0.174 e. The van der Waals surface area contributed by atoms with E-state index in [4.69, 9.17) is 19.9 Å². The van der Waals surface area contributed by atoms with Crippen molar-refractivity contribution in [2.75, 3.05) is 18.9 Å². The summed E-state index contributed by atoms with van der Waals surface area (Å²) in [6.07, 6.45) is 0.555. The number of fused-ring (bicyclic) bond motifs is 1. The number of halogens is 1. The van der Waals surface area contributed by atoms with E-state index in [-0.39, 0.29) is 12.4 Å². The molecule has 2 aromatic rings. The van der Waals surface area contributed by atoms with Gasteiger partial charge >= 0.3 is 0 Å². The van der Waals surface area contributed by atoms with Crippen LogP contribution in [0.15, 0.2) is 12.7 Å². The second kappa shape index (κ2) is 6.79. The first-order valence-electron chi connectivity index (χ1n) is 8.29. The predicted octanol–water partition coefficient (Wildman–Crippen LogP) is 0.548. The minimum Gasteiger partial charge on any atom is -0.394 e. The molecule has 2 aliphatic heterocycles. The van der Waals surface area contributed by atoms with Crippen LogP contribution in [0.1, 0.15) is 25.5 Å². The molecule has 2 aliphatic rings. The lowest BCUT2D eigenvalue weighted by Gasteiger charge is -2.28. The van der Waals surface area contributed by atoms with E-state index in [1.165, 1.54) is 17.2 Å². The number of hydrogen-bond acceptors (Lipinski definition) is 8. The highest BCUT2D eigenvalue weighted by Crippen LogP contribution is 2.36. The number of nitrogen functional groups attached to an aromatic ring is 1. The molecule has 0 aromatic carbocycles. The van der Waals surface area contributed by atoms with Crippen LogP contribution in [0, 0.1) is 0 Å². The van der Waals surface area contributed by atoms with Gasteiger partial charge in [-0.2, -0.15) is 0 Å². The Morgan fingerprint density at radius 3 is 3.00 bits per heavy atom. The molecule has 0 amide bonds. The summed E-state index contributed by atoms with van der Waals surface area (Å²) in [4.78, 5) is 12.1. The molecular weight excluding hydrogens is 333 g/mol. The minimum atomic E-state index is -1.52. The first kappa shape index (κ1) is 16.6. The Kier molecular flexibility index (Phi) is 4.50. The van der Waals surface area contributed by atoms with Crippen molar-refractivity contribution in [1.82, 2.24) is 19.5 Å². The standard InChI is InChI=1S/C15H20FN5O4/c16-10-12(25-9-3-1-2-4-23-9)8(5-22)24-15(10)21-7-20-11-13(17)18-6-19-14(11)21/h6-10,12,15,22H,1-5H2,(H2,17,18,19)/t8-,9?,10+,12-,15-/m1/s1. The first-order chi connectivity index (χ1) is 12.2. The topological polar surface area (TPSA) is 118 Å². The van der Waals surface area contributed by atoms with Crippen LogP contribution in [0.25, 0.3) is 11.2 Å². The average molecular weight is 353 g/mol. The molecule has 2 saturated heterocycles. The molecule has 4 heterocycles. The van der Waals surface area contributed by atoms with E-state index in [1.807, 2.05) is 0 Å². The van der Waals surface area contributed by atoms with Crippen molar-refractivity contribution in [2.45, 2.75) is 50.2 Å². The fraction of sp³-hybridized carbons (Fsp3) is 0.667. The maximum Gasteiger partial charge on any atom is 0.174 e. The molecule has 2 aromatic heterocycles. The second-order valence-electron chi connectivity index (χ2n) is 6.17. The zero-order chi connectivity index (χ0) is 17.4. The summed E-state index contributed by atoms with van der Waals surface area (Å²) in [5, 5.41) is 9.57. The quantitative estimate of drug-likeness (QED) is 0.818. The van der Waals surface area contributed by atoms with Crippen molar-refractivity contribution in [3.05, 3.63) is 12.7 Å². The lowest BCUT2D eigenvalue weighted by Crippen LogP contribution is -2.39. The molecule has 0 aliphatic carbocycles. The fourth-order valence-electron chi connectivity index (χ4n) is 3.28. The highest BCUT2D eigenvalue weighted by atomic mass is 19.1. The van der Waals surface area contributed by atoms with E-state index < -0.39 is 30.9 Å². The number of alkyl halides is 1. The normalized spacial score (nSPS) is 33.1. The largest absolute Gasteiger partial charge is 0.394 e. The molecule has 4 rings (SSSR count). The van der Waals surface area contributed by atoms with Gasteiger partial charge in [0.25, 0.3) is 0 Å². The number of anilines is 1. The zero-order valence-corrected chi connectivity index (χ0v) is 13.5. The molecule has 0 radical (unpaired) electrons. The lowest BCUT2D eigenvalue weighted by molar-refractivity contribution is -0.205. The Morgan fingerprint density at radius 2 is 2.24 bits per heavy atom. The summed E-state index contributed by atoms with van der Waals surface area (Å²) in [7, 11) is 0. The molecule has 136 valence electrons. The van der Waals surface area contributed by atoms with Gasteiger partial charge in [0.2, 0.25) is 0 Å². The third-order valence-corrected chi connectivity index (χ3v) is 4.55. The van der Waals surface area contributed by atoms with Gasteiger partial charge in [0.1, 0.15) is 24.1 Å². The van der Waals surface area contributed by atoms with Gasteiger partial charge in [-0.15, -0.1) is 0 Å². The highest BCUT2D eigenvalue weighted by molar-refractivity contribution is 5.81. The molecular formula is C15H20FN5O4. The van der Waals surface area contributed by atoms with Crippen molar-refractivity contribution in [3.8, 4) is 0 Å². The van der Waals surface area contributed by atoms with Gasteiger partial charge in [-0.3, -0.25) is 4.57 Å². The van der Waals surface area contributed by atoms with E-state index >= 15 is 4.39 Å². The minimum absolute atomic E-state index is 0.208. The van der Waals surface area contributed by atoms with Crippen LogP contribution < -0.4 is 5.73 Å². The van der Waals surface area contributed by atoms with Crippen molar-refractivity contribution in [2.24, 2.45) is 0 Å². The van der Waals surface area contributed by atoms with E-state index in [9.17, 15) is 5.11 Å². The van der Waals surface area contributed by atoms with Crippen LogP contribution in [0.4, 0.5) is 10.2 Å². The van der Waals surface area contributed by atoms with Crippen LogP contribution in [0.5, 0.6) is 0 Å². The number of imidazole rings is 1. The van der Waals surface area contributed by atoms with Gasteiger partial charge in [0.15, 0.2) is 30.2 Å². The number of ether oxygens (including phenoxy) is 3. The number of hydrogen-bond donors (Lipinski definition) is 2. The van der Waals surface area contributed by atoms with Crippen LogP contribution >= 0.6 is 0 Å². The van der Waals surface area contributed by atoms with Crippen LogP contribution in [0.2, 0.25) is 0 Å². The number of nitrogens with zero attached hydrogens (tertiary/aromatic N) is 4. The molecule has 25 heavy (non-hydrogen) atoms. The van der Waals surface area contributed by atoms with Crippen molar-refractivity contribution >= 4 is 17.0 Å². The van der Waals surface area contributed by atoms with E-state index in [1.54, 1.807) is 0 Å². The monoisotopic (exact) mass is 353 g/mol.